The molecule has 1 aromatic carbocycles. The minimum atomic E-state index is -1.15. The van der Waals surface area contributed by atoms with Crippen molar-refractivity contribution < 1.29 is 38.6 Å². The van der Waals surface area contributed by atoms with Gasteiger partial charge in [-0.25, -0.2) is 9.78 Å². The number of methoxy groups -OCH3 is 2. The maximum Gasteiger partial charge on any atom is 0.326 e. The fraction of sp³-hybridized carbons (Fsp3) is 0.600. The van der Waals surface area contributed by atoms with Crippen molar-refractivity contribution in [2.75, 3.05) is 40.6 Å². The number of likely N-dealkylation sites (N-methyl/N-ethyl adjacent to an activating group) is 2. The van der Waals surface area contributed by atoms with E-state index in [1.54, 1.807) is 43.3 Å². The minimum Gasteiger partial charge on any atom is -0.480 e. The lowest BCUT2D eigenvalue weighted by Crippen LogP contribution is -2.59. The van der Waals surface area contributed by atoms with Gasteiger partial charge in [0.05, 0.1) is 42.7 Å². The highest BCUT2D eigenvalue weighted by Crippen LogP contribution is 2.29. The van der Waals surface area contributed by atoms with Gasteiger partial charge >= 0.3 is 5.97 Å². The molecule has 0 saturated carbocycles. The van der Waals surface area contributed by atoms with Crippen LogP contribution in [0.25, 0.3) is 0 Å². The number of anilines is 1. The van der Waals surface area contributed by atoms with E-state index < -0.39 is 60.2 Å². The Bertz CT molecular complexity index is 1760. The number of nitrogen functional groups attached to an aromatic ring is 1. The fourth-order valence-electron chi connectivity index (χ4n) is 8.35. The van der Waals surface area contributed by atoms with Crippen LogP contribution < -0.4 is 16.4 Å². The van der Waals surface area contributed by atoms with E-state index in [2.05, 4.69) is 22.2 Å². The second-order valence-corrected chi connectivity index (χ2v) is 16.7. The molecule has 8 atom stereocenters. The molecular formula is C45H69N7O8. The molecule has 1 fully saturated rings. The number of carboxylic acids is 1. The Morgan fingerprint density at radius 1 is 0.950 bits per heavy atom. The first-order valence-electron chi connectivity index (χ1n) is 20.9. The predicted molar refractivity (Wildman–Crippen MR) is 231 cm³/mol. The van der Waals surface area contributed by atoms with E-state index in [4.69, 9.17) is 15.2 Å². The molecule has 2 heterocycles. The van der Waals surface area contributed by atoms with Gasteiger partial charge in [-0.2, -0.15) is 0 Å². The van der Waals surface area contributed by atoms with Crippen LogP contribution in [0.4, 0.5) is 5.82 Å². The molecule has 1 saturated heterocycles. The molecule has 0 spiro atoms. The number of benzene rings is 1. The number of carboxylic acid groups (broad SMARTS) is 1. The first kappa shape index (κ1) is 49.5. The van der Waals surface area contributed by atoms with Gasteiger partial charge in [-0.05, 0) is 61.4 Å². The van der Waals surface area contributed by atoms with Crippen molar-refractivity contribution in [3.63, 3.8) is 0 Å². The molecule has 15 nitrogen and oxygen atoms in total. The predicted octanol–water partition coefficient (Wildman–Crippen LogP) is 3.91. The summed E-state index contributed by atoms with van der Waals surface area (Å²) in [6.45, 7) is 16.4. The second-order valence-electron chi connectivity index (χ2n) is 16.7. The third kappa shape index (κ3) is 13.1. The van der Waals surface area contributed by atoms with Gasteiger partial charge in [-0.15, -0.1) is 0 Å². The smallest absolute Gasteiger partial charge is 0.326 e. The summed E-state index contributed by atoms with van der Waals surface area (Å²) < 4.78 is 11.9. The first-order valence-corrected chi connectivity index (χ1v) is 20.9. The molecule has 3 rings (SSSR count). The lowest BCUT2D eigenvalue weighted by atomic mass is 9.92. The Balaban J connectivity index is 1.78. The number of carbonyl (C=O) groups excluding carboxylic acids is 4. The topological polar surface area (TPSA) is 197 Å². The summed E-state index contributed by atoms with van der Waals surface area (Å²) >= 11 is 0. The zero-order valence-corrected chi connectivity index (χ0v) is 37.2. The number of hydrogen-bond acceptors (Lipinski definition) is 10. The number of aromatic nitrogens is 1. The van der Waals surface area contributed by atoms with Gasteiger partial charge in [0, 0.05) is 47.0 Å². The number of likely N-dealkylation sites (tertiary alicyclic amines) is 1. The van der Waals surface area contributed by atoms with Crippen LogP contribution in [0, 0.1) is 17.8 Å². The zero-order valence-electron chi connectivity index (χ0n) is 37.2. The quantitative estimate of drug-likeness (QED) is 0.119. The van der Waals surface area contributed by atoms with Gasteiger partial charge in [0.2, 0.25) is 23.6 Å². The Hall–Kier alpha value is -4.86. The van der Waals surface area contributed by atoms with Gasteiger partial charge in [0.25, 0.3) is 0 Å². The van der Waals surface area contributed by atoms with Crippen molar-refractivity contribution in [2.24, 2.45) is 17.8 Å². The number of hydrogen-bond donors (Lipinski definition) is 4. The van der Waals surface area contributed by atoms with Crippen molar-refractivity contribution in [1.82, 2.24) is 30.3 Å². The lowest BCUT2D eigenvalue weighted by molar-refractivity contribution is -0.146. The number of pyridine rings is 1. The van der Waals surface area contributed by atoms with Crippen LogP contribution in [0.3, 0.4) is 0 Å². The van der Waals surface area contributed by atoms with E-state index in [0.717, 1.165) is 11.1 Å². The normalized spacial score (nSPS) is 17.7. The molecule has 1 aromatic heterocycles. The number of nitrogens with one attached hydrogen (secondary N) is 2. The molecule has 4 amide bonds. The molecule has 0 unspecified atom stereocenters. The molecule has 0 aliphatic carbocycles. The molecular weight excluding hydrogens is 767 g/mol. The van der Waals surface area contributed by atoms with Crippen LogP contribution >= 0.6 is 0 Å². The monoisotopic (exact) mass is 836 g/mol. The molecule has 2 aromatic rings. The van der Waals surface area contributed by atoms with E-state index in [1.165, 1.54) is 19.1 Å². The number of nitrogens with zero attached hydrogens (tertiary/aromatic N) is 4. The summed E-state index contributed by atoms with van der Waals surface area (Å²) in [5, 5.41) is 15.6. The SMILES string of the molecule is C=C(CC)[C@@H]([C@@H](CC(=O)N1CCC[C@H]1[C@H](OC)[C@@H](C)C(=O)N[C@@H](Cc1ccccc1)C(=O)O)OC)N(C)C(=O)[C@@H](NC(=O)[C@H](C(C)C)N(C)Cc1ccnc(N)c1)C(C)C. The minimum absolute atomic E-state index is 0.0860. The number of carbonyl (C=O) groups is 5. The van der Waals surface area contributed by atoms with Crippen LogP contribution in [-0.4, -0.2) is 132 Å². The van der Waals surface area contributed by atoms with E-state index in [1.807, 2.05) is 70.8 Å². The van der Waals surface area contributed by atoms with E-state index in [9.17, 15) is 29.1 Å². The second kappa shape index (κ2) is 23.2. The van der Waals surface area contributed by atoms with Crippen LogP contribution in [0.2, 0.25) is 0 Å². The molecule has 0 bridgehead atoms. The van der Waals surface area contributed by atoms with Gasteiger partial charge < -0.3 is 40.7 Å². The maximum absolute atomic E-state index is 14.5. The van der Waals surface area contributed by atoms with Crippen LogP contribution in [0.1, 0.15) is 78.4 Å². The van der Waals surface area contributed by atoms with E-state index in [-0.39, 0.29) is 42.4 Å². The molecule has 15 heteroatoms. The number of amides is 4. The number of aliphatic carboxylic acids is 1. The average Bonchev–Trinajstić information content (AvgIpc) is 3.69. The summed E-state index contributed by atoms with van der Waals surface area (Å²) in [5.41, 5.74) is 8.25. The molecule has 5 N–H and O–H groups in total. The highest BCUT2D eigenvalue weighted by Gasteiger charge is 2.43. The van der Waals surface area contributed by atoms with Gasteiger partial charge in [-0.1, -0.05) is 84.0 Å². The van der Waals surface area contributed by atoms with E-state index in [0.29, 0.717) is 43.7 Å². The van der Waals surface area contributed by atoms with Crippen molar-refractivity contribution in [3.05, 3.63) is 71.9 Å². The number of ether oxygens (including phenoxy) is 2. The van der Waals surface area contributed by atoms with Crippen LogP contribution in [-0.2, 0) is 46.4 Å². The van der Waals surface area contributed by atoms with Crippen molar-refractivity contribution in [3.8, 4) is 0 Å². The summed E-state index contributed by atoms with van der Waals surface area (Å²) in [6.07, 6.45) is 1.89. The lowest BCUT2D eigenvalue weighted by Gasteiger charge is -2.39. The average molecular weight is 836 g/mol. The van der Waals surface area contributed by atoms with Gasteiger partial charge in [-0.3, -0.25) is 24.1 Å². The molecule has 0 radical (unpaired) electrons. The van der Waals surface area contributed by atoms with Crippen molar-refractivity contribution >= 4 is 35.4 Å². The summed E-state index contributed by atoms with van der Waals surface area (Å²) in [5.74, 6) is -3.27. The molecule has 60 heavy (non-hydrogen) atoms. The maximum atomic E-state index is 14.5. The third-order valence-corrected chi connectivity index (χ3v) is 11.6. The zero-order chi connectivity index (χ0) is 44.8. The van der Waals surface area contributed by atoms with Crippen molar-refractivity contribution in [2.45, 2.75) is 123 Å². The third-order valence-electron chi connectivity index (χ3n) is 11.6. The highest BCUT2D eigenvalue weighted by atomic mass is 16.5. The standard InChI is InChI=1S/C45H69N7O8/c1-12-29(6)40(51(9)44(56)38(27(2)3)49-43(55)39(28(4)5)50(8)26-32-20-21-47-36(46)24-32)35(59-10)25-37(53)52-22-16-19-34(52)41(60-11)30(7)42(54)48-33(45(57)58)23-31-17-14-13-15-18-31/h13-15,17-18,20-21,24,27-28,30,33-35,38-41H,6,12,16,19,22-23,25-26H2,1-5,7-11H3,(H2,46,47)(H,48,54)(H,49,55)(H,57,58)/t30-,33+,34+,35-,38+,39+,40+,41-/m1/s1. The first-order chi connectivity index (χ1) is 28.4. The Morgan fingerprint density at radius 2 is 1.62 bits per heavy atom. The molecule has 332 valence electrons. The summed E-state index contributed by atoms with van der Waals surface area (Å²) in [4.78, 5) is 77.6. The van der Waals surface area contributed by atoms with Gasteiger partial charge in [0.15, 0.2) is 0 Å². The van der Waals surface area contributed by atoms with Crippen LogP contribution in [0.15, 0.2) is 60.8 Å². The molecule has 1 aliphatic heterocycles. The summed E-state index contributed by atoms with van der Waals surface area (Å²) in [6, 6.07) is 8.91. The highest BCUT2D eigenvalue weighted by molar-refractivity contribution is 5.90. The number of rotatable bonds is 23. The van der Waals surface area contributed by atoms with Crippen molar-refractivity contribution in [1.29, 1.82) is 0 Å². The Kier molecular flexibility index (Phi) is 19.2. The summed E-state index contributed by atoms with van der Waals surface area (Å²) in [7, 11) is 6.48. The largest absolute Gasteiger partial charge is 0.480 e. The molecule has 1 aliphatic rings. The van der Waals surface area contributed by atoms with E-state index >= 15 is 0 Å². The Labute approximate surface area is 356 Å². The fourth-order valence-corrected chi connectivity index (χ4v) is 8.35. The number of nitrogens with two attached hydrogens (primary N) is 1. The van der Waals surface area contributed by atoms with Crippen LogP contribution in [0.5, 0.6) is 0 Å². The van der Waals surface area contributed by atoms with Gasteiger partial charge in [0.1, 0.15) is 17.9 Å². The Morgan fingerprint density at radius 3 is 2.17 bits per heavy atom.